The predicted molar refractivity (Wildman–Crippen MR) is 96.9 cm³/mol. The molecule has 5 nitrogen and oxygen atoms in total. The second kappa shape index (κ2) is 7.21. The standard InChI is InChI=1S/C20H20N2O3/c1-3-14(2)25-17-11-9-15(10-12-17)13-18-19(23)21-22(20(18)24)16-7-5-4-6-8-16/h4-14H,3H2,1-2H3,(H,21,23)/b18-13-/t14-/m1/s1. The summed E-state index contributed by atoms with van der Waals surface area (Å²) < 4.78 is 5.73. The van der Waals surface area contributed by atoms with Crippen molar-refractivity contribution in [2.75, 3.05) is 5.01 Å². The van der Waals surface area contributed by atoms with Gasteiger partial charge in [0.05, 0.1) is 11.8 Å². The maximum Gasteiger partial charge on any atom is 0.282 e. The summed E-state index contributed by atoms with van der Waals surface area (Å²) in [5.41, 5.74) is 4.09. The molecular weight excluding hydrogens is 316 g/mol. The van der Waals surface area contributed by atoms with Gasteiger partial charge in [-0.1, -0.05) is 37.3 Å². The van der Waals surface area contributed by atoms with E-state index in [0.717, 1.165) is 17.7 Å². The molecule has 3 rings (SSSR count). The zero-order chi connectivity index (χ0) is 17.8. The number of carbonyl (C=O) groups excluding carboxylic acids is 2. The molecule has 2 amide bonds. The number of carbonyl (C=O) groups is 2. The highest BCUT2D eigenvalue weighted by Crippen LogP contribution is 2.22. The molecule has 1 saturated heterocycles. The second-order valence-corrected chi connectivity index (χ2v) is 5.88. The summed E-state index contributed by atoms with van der Waals surface area (Å²) in [6.07, 6.45) is 2.66. The minimum Gasteiger partial charge on any atom is -0.491 e. The minimum atomic E-state index is -0.409. The van der Waals surface area contributed by atoms with Gasteiger partial charge in [-0.2, -0.15) is 0 Å². The van der Waals surface area contributed by atoms with Gasteiger partial charge in [-0.25, -0.2) is 5.01 Å². The summed E-state index contributed by atoms with van der Waals surface area (Å²) in [6.45, 7) is 4.07. The average Bonchev–Trinajstić information content (AvgIpc) is 2.92. The molecular formula is C20H20N2O3. The van der Waals surface area contributed by atoms with Crippen LogP contribution in [0.5, 0.6) is 5.75 Å². The van der Waals surface area contributed by atoms with Crippen molar-refractivity contribution in [1.29, 1.82) is 0 Å². The lowest BCUT2D eigenvalue weighted by atomic mass is 10.1. The van der Waals surface area contributed by atoms with Gasteiger partial charge in [0.25, 0.3) is 11.8 Å². The number of nitrogens with one attached hydrogen (secondary N) is 1. The van der Waals surface area contributed by atoms with E-state index in [1.807, 2.05) is 49.4 Å². The Balaban J connectivity index is 1.79. The molecule has 2 aromatic rings. The largest absolute Gasteiger partial charge is 0.491 e. The van der Waals surface area contributed by atoms with Crippen molar-refractivity contribution in [2.24, 2.45) is 0 Å². The van der Waals surface area contributed by atoms with Crippen LogP contribution in [0.15, 0.2) is 60.2 Å². The van der Waals surface area contributed by atoms with Gasteiger partial charge in [-0.05, 0) is 49.2 Å². The third-order valence-corrected chi connectivity index (χ3v) is 4.01. The van der Waals surface area contributed by atoms with Crippen LogP contribution < -0.4 is 15.2 Å². The molecule has 128 valence electrons. The highest BCUT2D eigenvalue weighted by molar-refractivity contribution is 6.31. The van der Waals surface area contributed by atoms with E-state index < -0.39 is 5.91 Å². The van der Waals surface area contributed by atoms with Gasteiger partial charge in [0.2, 0.25) is 0 Å². The second-order valence-electron chi connectivity index (χ2n) is 5.88. The molecule has 0 radical (unpaired) electrons. The van der Waals surface area contributed by atoms with Crippen LogP contribution in [-0.2, 0) is 9.59 Å². The monoisotopic (exact) mass is 336 g/mol. The Hall–Kier alpha value is -3.08. The molecule has 0 unspecified atom stereocenters. The number of para-hydroxylation sites is 1. The van der Waals surface area contributed by atoms with Gasteiger partial charge in [-0.3, -0.25) is 15.0 Å². The number of ether oxygens (including phenoxy) is 1. The number of anilines is 1. The predicted octanol–water partition coefficient (Wildman–Crippen LogP) is 3.33. The SMILES string of the molecule is CC[C@@H](C)Oc1ccc(/C=C2/C(=O)NN(c3ccccc3)C2=O)cc1. The molecule has 0 bridgehead atoms. The van der Waals surface area contributed by atoms with Crippen LogP contribution in [0.4, 0.5) is 5.69 Å². The number of hydrogen-bond donors (Lipinski definition) is 1. The van der Waals surface area contributed by atoms with Crippen molar-refractivity contribution >= 4 is 23.6 Å². The third-order valence-electron chi connectivity index (χ3n) is 4.01. The minimum absolute atomic E-state index is 0.111. The lowest BCUT2D eigenvalue weighted by Crippen LogP contribution is -2.35. The zero-order valence-electron chi connectivity index (χ0n) is 14.2. The van der Waals surface area contributed by atoms with Gasteiger partial charge in [0, 0.05) is 0 Å². The van der Waals surface area contributed by atoms with E-state index in [-0.39, 0.29) is 17.6 Å². The Kier molecular flexibility index (Phi) is 4.84. The fourth-order valence-corrected chi connectivity index (χ4v) is 2.44. The summed E-state index contributed by atoms with van der Waals surface area (Å²) >= 11 is 0. The highest BCUT2D eigenvalue weighted by atomic mass is 16.5. The number of hydrogen-bond acceptors (Lipinski definition) is 3. The summed E-state index contributed by atoms with van der Waals surface area (Å²) in [4.78, 5) is 24.7. The molecule has 0 spiro atoms. The normalized spacial score (nSPS) is 16.9. The Labute approximate surface area is 146 Å². The molecule has 1 aliphatic heterocycles. The van der Waals surface area contributed by atoms with Crippen LogP contribution in [-0.4, -0.2) is 17.9 Å². The number of hydrazine groups is 1. The summed E-state index contributed by atoms with van der Waals surface area (Å²) in [7, 11) is 0. The van der Waals surface area contributed by atoms with Gasteiger partial charge in [0.1, 0.15) is 11.3 Å². The van der Waals surface area contributed by atoms with Gasteiger partial charge in [0.15, 0.2) is 0 Å². The zero-order valence-corrected chi connectivity index (χ0v) is 14.2. The topological polar surface area (TPSA) is 58.6 Å². The smallest absolute Gasteiger partial charge is 0.282 e. The molecule has 5 heteroatoms. The van der Waals surface area contributed by atoms with Crippen molar-refractivity contribution in [3.8, 4) is 5.75 Å². The van der Waals surface area contributed by atoms with Crippen LogP contribution in [0.3, 0.4) is 0 Å². The van der Waals surface area contributed by atoms with E-state index in [2.05, 4.69) is 12.3 Å². The van der Waals surface area contributed by atoms with Gasteiger partial charge >= 0.3 is 0 Å². The number of amides is 2. The van der Waals surface area contributed by atoms with Gasteiger partial charge in [-0.15, -0.1) is 0 Å². The maximum absolute atomic E-state index is 12.5. The Morgan fingerprint density at radius 3 is 2.40 bits per heavy atom. The van der Waals surface area contributed by atoms with Crippen molar-refractivity contribution < 1.29 is 14.3 Å². The van der Waals surface area contributed by atoms with Crippen LogP contribution in [0.2, 0.25) is 0 Å². The van der Waals surface area contributed by atoms with Crippen LogP contribution in [0, 0.1) is 0 Å². The molecule has 1 atom stereocenters. The first-order valence-electron chi connectivity index (χ1n) is 8.27. The lowest BCUT2D eigenvalue weighted by Gasteiger charge is -2.13. The van der Waals surface area contributed by atoms with Crippen LogP contribution in [0.1, 0.15) is 25.8 Å². The third kappa shape index (κ3) is 3.71. The van der Waals surface area contributed by atoms with Crippen molar-refractivity contribution in [1.82, 2.24) is 5.43 Å². The molecule has 25 heavy (non-hydrogen) atoms. The Bertz CT molecular complexity index is 797. The molecule has 2 aromatic carbocycles. The van der Waals surface area contributed by atoms with Gasteiger partial charge < -0.3 is 4.74 Å². The fraction of sp³-hybridized carbons (Fsp3) is 0.200. The summed E-state index contributed by atoms with van der Waals surface area (Å²) in [6, 6.07) is 16.3. The summed E-state index contributed by atoms with van der Waals surface area (Å²) in [5.74, 6) is -0.00507. The number of rotatable bonds is 5. The van der Waals surface area contributed by atoms with Crippen molar-refractivity contribution in [3.05, 3.63) is 65.7 Å². The van der Waals surface area contributed by atoms with E-state index in [4.69, 9.17) is 4.74 Å². The Morgan fingerprint density at radius 1 is 1.08 bits per heavy atom. The number of nitrogens with zero attached hydrogens (tertiary/aromatic N) is 1. The highest BCUT2D eigenvalue weighted by Gasteiger charge is 2.34. The number of benzene rings is 2. The first kappa shape index (κ1) is 16.8. The Morgan fingerprint density at radius 2 is 1.76 bits per heavy atom. The van der Waals surface area contributed by atoms with E-state index >= 15 is 0 Å². The molecule has 1 aliphatic rings. The lowest BCUT2D eigenvalue weighted by molar-refractivity contribution is -0.117. The molecule has 0 aromatic heterocycles. The molecule has 1 N–H and O–H groups in total. The first-order valence-corrected chi connectivity index (χ1v) is 8.27. The fourth-order valence-electron chi connectivity index (χ4n) is 2.44. The average molecular weight is 336 g/mol. The summed E-state index contributed by atoms with van der Waals surface area (Å²) in [5, 5.41) is 1.26. The van der Waals surface area contributed by atoms with E-state index in [1.165, 1.54) is 5.01 Å². The van der Waals surface area contributed by atoms with Crippen molar-refractivity contribution in [2.45, 2.75) is 26.4 Å². The van der Waals surface area contributed by atoms with Crippen LogP contribution >= 0.6 is 0 Å². The van der Waals surface area contributed by atoms with E-state index in [1.54, 1.807) is 18.2 Å². The molecule has 1 heterocycles. The molecule has 0 saturated carbocycles. The molecule has 0 aliphatic carbocycles. The first-order chi connectivity index (χ1) is 12.1. The van der Waals surface area contributed by atoms with Crippen LogP contribution in [0.25, 0.3) is 6.08 Å². The quantitative estimate of drug-likeness (QED) is 0.673. The molecule has 1 fully saturated rings. The van der Waals surface area contributed by atoms with Crippen molar-refractivity contribution in [3.63, 3.8) is 0 Å². The maximum atomic E-state index is 12.5. The van der Waals surface area contributed by atoms with E-state index in [9.17, 15) is 9.59 Å². The van der Waals surface area contributed by atoms with E-state index in [0.29, 0.717) is 5.69 Å².